The molecule has 0 aliphatic heterocycles. The van der Waals surface area contributed by atoms with E-state index in [-0.39, 0.29) is 6.54 Å². The fraction of sp³-hybridized carbons (Fsp3) is 0.389. The minimum atomic E-state index is -3.42. The lowest BCUT2D eigenvalue weighted by Crippen LogP contribution is -2.42. The first kappa shape index (κ1) is 20.4. The number of thiophene rings is 1. The number of guanidine groups is 1. The second kappa shape index (κ2) is 9.70. The van der Waals surface area contributed by atoms with Crippen molar-refractivity contribution in [3.63, 3.8) is 0 Å². The molecule has 8 heteroatoms. The number of rotatable bonds is 8. The van der Waals surface area contributed by atoms with Crippen molar-refractivity contribution in [3.05, 3.63) is 52.9 Å². The fourth-order valence-corrected chi connectivity index (χ4v) is 4.53. The summed E-state index contributed by atoms with van der Waals surface area (Å²) < 4.78 is 27.0. The van der Waals surface area contributed by atoms with E-state index in [1.807, 2.05) is 11.9 Å². The van der Waals surface area contributed by atoms with E-state index < -0.39 is 10.0 Å². The van der Waals surface area contributed by atoms with Gasteiger partial charge < -0.3 is 10.2 Å². The Labute approximate surface area is 160 Å². The quantitative estimate of drug-likeness (QED) is 0.409. The van der Waals surface area contributed by atoms with E-state index in [9.17, 15) is 8.42 Å². The minimum absolute atomic E-state index is 0.290. The highest BCUT2D eigenvalue weighted by molar-refractivity contribution is 7.91. The summed E-state index contributed by atoms with van der Waals surface area (Å²) in [6.07, 6.45) is 1.03. The molecule has 0 bridgehead atoms. The molecule has 2 rings (SSSR count). The van der Waals surface area contributed by atoms with Crippen LogP contribution in [0.5, 0.6) is 0 Å². The van der Waals surface area contributed by atoms with Crippen LogP contribution in [0.15, 0.2) is 51.0 Å². The highest BCUT2D eigenvalue weighted by Crippen LogP contribution is 2.14. The standard InChI is InChI=1S/C18H26N4O2S2/c1-4-15-7-9-16(10-8-15)14-22(3)18(19-2)20-11-12-21-26(23,24)17-6-5-13-25-17/h5-10,13,21H,4,11-12,14H2,1-3H3,(H,19,20). The Morgan fingerprint density at radius 2 is 1.85 bits per heavy atom. The summed E-state index contributed by atoms with van der Waals surface area (Å²) in [5.41, 5.74) is 2.52. The summed E-state index contributed by atoms with van der Waals surface area (Å²) >= 11 is 1.20. The van der Waals surface area contributed by atoms with Crippen LogP contribution < -0.4 is 10.0 Å². The normalized spacial score (nSPS) is 12.2. The van der Waals surface area contributed by atoms with Crippen molar-refractivity contribution in [1.29, 1.82) is 0 Å². The molecule has 0 atom stereocenters. The van der Waals surface area contributed by atoms with E-state index in [1.165, 1.54) is 22.5 Å². The SMILES string of the molecule is CCc1ccc(CN(C)C(=NC)NCCNS(=O)(=O)c2cccs2)cc1. The van der Waals surface area contributed by atoms with E-state index in [1.54, 1.807) is 24.6 Å². The summed E-state index contributed by atoms with van der Waals surface area (Å²) in [5, 5.41) is 4.93. The summed E-state index contributed by atoms with van der Waals surface area (Å²) in [6.45, 7) is 3.61. The van der Waals surface area contributed by atoms with Crippen LogP contribution in [0.3, 0.4) is 0 Å². The van der Waals surface area contributed by atoms with Gasteiger partial charge in [0.1, 0.15) is 4.21 Å². The van der Waals surface area contributed by atoms with Gasteiger partial charge >= 0.3 is 0 Å². The molecule has 2 N–H and O–H groups in total. The van der Waals surface area contributed by atoms with Crippen LogP contribution in [-0.2, 0) is 23.0 Å². The molecule has 0 radical (unpaired) electrons. The van der Waals surface area contributed by atoms with Crippen LogP contribution >= 0.6 is 11.3 Å². The molecule has 1 heterocycles. The third-order valence-corrected chi connectivity index (χ3v) is 6.74. The van der Waals surface area contributed by atoms with E-state index in [2.05, 4.69) is 46.2 Å². The molecule has 0 fully saturated rings. The summed E-state index contributed by atoms with van der Waals surface area (Å²) in [4.78, 5) is 6.27. The van der Waals surface area contributed by atoms with Crippen LogP contribution in [0.4, 0.5) is 0 Å². The topological polar surface area (TPSA) is 73.8 Å². The average molecular weight is 395 g/mol. The summed E-state index contributed by atoms with van der Waals surface area (Å²) in [7, 11) is 0.252. The van der Waals surface area contributed by atoms with Crippen molar-refractivity contribution in [1.82, 2.24) is 14.9 Å². The van der Waals surface area contributed by atoms with E-state index in [0.717, 1.165) is 18.9 Å². The maximum Gasteiger partial charge on any atom is 0.250 e. The second-order valence-corrected chi connectivity index (χ2v) is 8.77. The first-order valence-corrected chi connectivity index (χ1v) is 10.9. The van der Waals surface area contributed by atoms with Gasteiger partial charge in [-0.3, -0.25) is 4.99 Å². The number of benzene rings is 1. The Kier molecular flexibility index (Phi) is 7.62. The Hall–Kier alpha value is -1.90. The van der Waals surface area contributed by atoms with Crippen molar-refractivity contribution in [2.24, 2.45) is 4.99 Å². The summed E-state index contributed by atoms with van der Waals surface area (Å²) in [5.74, 6) is 0.722. The smallest absolute Gasteiger partial charge is 0.250 e. The molecule has 0 aliphatic rings. The average Bonchev–Trinajstić information content (AvgIpc) is 3.18. The number of hydrogen-bond donors (Lipinski definition) is 2. The molecule has 0 unspecified atom stereocenters. The van der Waals surface area contributed by atoms with E-state index in [0.29, 0.717) is 10.8 Å². The lowest BCUT2D eigenvalue weighted by atomic mass is 10.1. The fourth-order valence-electron chi connectivity index (χ4n) is 2.46. The van der Waals surface area contributed by atoms with Gasteiger partial charge in [-0.15, -0.1) is 11.3 Å². The third-order valence-electron chi connectivity index (χ3n) is 3.88. The zero-order valence-electron chi connectivity index (χ0n) is 15.4. The molecule has 6 nitrogen and oxygen atoms in total. The van der Waals surface area contributed by atoms with Crippen molar-refractivity contribution in [3.8, 4) is 0 Å². The van der Waals surface area contributed by atoms with Gasteiger partial charge in [-0.25, -0.2) is 13.1 Å². The minimum Gasteiger partial charge on any atom is -0.355 e. The van der Waals surface area contributed by atoms with Crippen molar-refractivity contribution >= 4 is 27.3 Å². The largest absolute Gasteiger partial charge is 0.355 e. The van der Waals surface area contributed by atoms with Gasteiger partial charge in [0.05, 0.1) is 0 Å². The number of sulfonamides is 1. The molecule has 0 saturated carbocycles. The van der Waals surface area contributed by atoms with Crippen molar-refractivity contribution in [2.45, 2.75) is 24.1 Å². The molecule has 1 aromatic heterocycles. The predicted octanol–water partition coefficient (Wildman–Crippen LogP) is 2.30. The number of aliphatic imine (C=N–C) groups is 1. The number of nitrogens with zero attached hydrogens (tertiary/aromatic N) is 2. The number of aryl methyl sites for hydroxylation is 1. The second-order valence-electron chi connectivity index (χ2n) is 5.83. The van der Waals surface area contributed by atoms with E-state index >= 15 is 0 Å². The first-order valence-electron chi connectivity index (χ1n) is 8.49. The monoisotopic (exact) mass is 394 g/mol. The zero-order chi connectivity index (χ0) is 19.0. The maximum absolute atomic E-state index is 12.1. The third kappa shape index (κ3) is 5.82. The molecule has 2 aromatic rings. The van der Waals surface area contributed by atoms with Crippen molar-refractivity contribution in [2.75, 3.05) is 27.2 Å². The van der Waals surface area contributed by atoms with Crippen LogP contribution in [0, 0.1) is 0 Å². The molecular weight excluding hydrogens is 368 g/mol. The molecule has 0 saturated heterocycles. The molecule has 0 amide bonds. The highest BCUT2D eigenvalue weighted by atomic mass is 32.2. The highest BCUT2D eigenvalue weighted by Gasteiger charge is 2.14. The van der Waals surface area contributed by atoms with Gasteiger partial charge in [-0.2, -0.15) is 0 Å². The molecule has 142 valence electrons. The first-order chi connectivity index (χ1) is 12.5. The zero-order valence-corrected chi connectivity index (χ0v) is 17.0. The summed E-state index contributed by atoms with van der Waals surface area (Å²) in [6, 6.07) is 11.8. The maximum atomic E-state index is 12.1. The van der Waals surface area contributed by atoms with Gasteiger partial charge in [0.2, 0.25) is 10.0 Å². The predicted molar refractivity (Wildman–Crippen MR) is 108 cm³/mol. The molecule has 0 spiro atoms. The Morgan fingerprint density at radius 1 is 1.15 bits per heavy atom. The molecular formula is C18H26N4O2S2. The molecule has 0 aliphatic carbocycles. The van der Waals surface area contributed by atoms with Crippen LogP contribution in [0.25, 0.3) is 0 Å². The van der Waals surface area contributed by atoms with Gasteiger partial charge in [0, 0.05) is 33.7 Å². The van der Waals surface area contributed by atoms with Gasteiger partial charge in [0.15, 0.2) is 5.96 Å². The molecule has 26 heavy (non-hydrogen) atoms. The van der Waals surface area contributed by atoms with Crippen molar-refractivity contribution < 1.29 is 8.42 Å². The van der Waals surface area contributed by atoms with Gasteiger partial charge in [-0.05, 0) is 29.0 Å². The van der Waals surface area contributed by atoms with E-state index in [4.69, 9.17) is 0 Å². The van der Waals surface area contributed by atoms with Gasteiger partial charge in [0.25, 0.3) is 0 Å². The number of nitrogens with one attached hydrogen (secondary N) is 2. The van der Waals surface area contributed by atoms with Crippen LogP contribution in [-0.4, -0.2) is 46.5 Å². The van der Waals surface area contributed by atoms with Crippen LogP contribution in [0.2, 0.25) is 0 Å². The molecule has 1 aromatic carbocycles. The lowest BCUT2D eigenvalue weighted by Gasteiger charge is -2.22. The Bertz CT molecular complexity index is 800. The lowest BCUT2D eigenvalue weighted by molar-refractivity contribution is 0.477. The Balaban J connectivity index is 1.81. The van der Waals surface area contributed by atoms with Gasteiger partial charge in [-0.1, -0.05) is 37.3 Å². The number of hydrogen-bond acceptors (Lipinski definition) is 4. The van der Waals surface area contributed by atoms with Crippen LogP contribution in [0.1, 0.15) is 18.1 Å². The Morgan fingerprint density at radius 3 is 2.42 bits per heavy atom.